The van der Waals surface area contributed by atoms with Crippen LogP contribution in [0.5, 0.6) is 0 Å². The maximum Gasteiger partial charge on any atom is 0.235 e. The number of amides is 2. The largest absolute Gasteiger partial charge is 0.356 e. The van der Waals surface area contributed by atoms with Gasteiger partial charge in [-0.1, -0.05) is 27.7 Å². The van der Waals surface area contributed by atoms with Crippen molar-refractivity contribution in [3.63, 3.8) is 0 Å². The molecule has 0 radical (unpaired) electrons. The van der Waals surface area contributed by atoms with Crippen molar-refractivity contribution in [2.45, 2.75) is 60.1 Å². The van der Waals surface area contributed by atoms with E-state index >= 15 is 0 Å². The SMILES string of the molecule is CC(C)CC(=O)N(C(=O)CC(C)C)c1cc(-c2c(-c3ccc(F)cc3)nn3c2CCOC3C)ccn1. The lowest BCUT2D eigenvalue weighted by atomic mass is 9.97. The minimum Gasteiger partial charge on any atom is -0.356 e. The number of fused-ring (bicyclic) bond motifs is 1. The molecule has 4 rings (SSSR count). The Morgan fingerprint density at radius 2 is 1.69 bits per heavy atom. The molecule has 190 valence electrons. The van der Waals surface area contributed by atoms with Gasteiger partial charge in [0, 0.05) is 36.6 Å². The van der Waals surface area contributed by atoms with Gasteiger partial charge in [0.2, 0.25) is 11.8 Å². The molecular formula is C28H33FN4O3. The molecule has 1 atom stereocenters. The number of imide groups is 1. The molecule has 0 spiro atoms. The summed E-state index contributed by atoms with van der Waals surface area (Å²) in [5.74, 6) is -0.353. The van der Waals surface area contributed by atoms with Gasteiger partial charge in [-0.25, -0.2) is 19.0 Å². The maximum atomic E-state index is 13.7. The smallest absolute Gasteiger partial charge is 0.235 e. The summed E-state index contributed by atoms with van der Waals surface area (Å²) in [6.45, 7) is 10.3. The highest BCUT2D eigenvalue weighted by molar-refractivity contribution is 6.14. The third kappa shape index (κ3) is 5.38. The van der Waals surface area contributed by atoms with Gasteiger partial charge in [0.25, 0.3) is 0 Å². The fraction of sp³-hybridized carbons (Fsp3) is 0.429. The monoisotopic (exact) mass is 492 g/mol. The van der Waals surface area contributed by atoms with Crippen molar-refractivity contribution >= 4 is 17.6 Å². The van der Waals surface area contributed by atoms with Gasteiger partial charge in [-0.2, -0.15) is 5.10 Å². The van der Waals surface area contributed by atoms with Crippen molar-refractivity contribution < 1.29 is 18.7 Å². The van der Waals surface area contributed by atoms with E-state index in [1.165, 1.54) is 17.0 Å². The Bertz CT molecular complexity index is 1230. The van der Waals surface area contributed by atoms with E-state index in [2.05, 4.69) is 4.98 Å². The first kappa shape index (κ1) is 25.7. The molecule has 2 aromatic heterocycles. The lowest BCUT2D eigenvalue weighted by Crippen LogP contribution is -2.38. The van der Waals surface area contributed by atoms with Gasteiger partial charge >= 0.3 is 0 Å². The third-order valence-corrected chi connectivity index (χ3v) is 6.10. The van der Waals surface area contributed by atoms with Crippen LogP contribution in [0.4, 0.5) is 10.2 Å². The van der Waals surface area contributed by atoms with Gasteiger partial charge in [0.1, 0.15) is 23.6 Å². The van der Waals surface area contributed by atoms with Crippen molar-refractivity contribution in [1.29, 1.82) is 0 Å². The van der Waals surface area contributed by atoms with Crippen LogP contribution in [-0.4, -0.2) is 33.2 Å². The molecule has 1 unspecified atom stereocenters. The van der Waals surface area contributed by atoms with Crippen LogP contribution in [0.2, 0.25) is 0 Å². The Balaban J connectivity index is 1.85. The predicted molar refractivity (Wildman–Crippen MR) is 137 cm³/mol. The first-order valence-electron chi connectivity index (χ1n) is 12.5. The highest BCUT2D eigenvalue weighted by Gasteiger charge is 2.29. The van der Waals surface area contributed by atoms with Crippen molar-refractivity contribution in [2.24, 2.45) is 11.8 Å². The summed E-state index contributed by atoms with van der Waals surface area (Å²) < 4.78 is 21.3. The molecule has 0 fully saturated rings. The normalized spacial score (nSPS) is 15.3. The average Bonchev–Trinajstić information content (AvgIpc) is 3.20. The van der Waals surface area contributed by atoms with E-state index in [4.69, 9.17) is 9.84 Å². The van der Waals surface area contributed by atoms with Crippen molar-refractivity contribution in [2.75, 3.05) is 11.5 Å². The van der Waals surface area contributed by atoms with Gasteiger partial charge in [-0.15, -0.1) is 0 Å². The molecule has 3 aromatic rings. The number of anilines is 1. The standard InChI is InChI=1S/C28H33FN4O3/c1-17(2)14-25(34)32(26(35)15-18(3)4)24-16-21(10-12-30-24)27-23-11-13-36-19(5)33(23)31-28(27)20-6-8-22(29)9-7-20/h6-10,12,16-19H,11,13-15H2,1-5H3. The Hall–Kier alpha value is -3.39. The molecule has 1 aromatic carbocycles. The minimum atomic E-state index is -0.324. The number of ether oxygens (including phenoxy) is 1. The Morgan fingerprint density at radius 1 is 1.06 bits per heavy atom. The topological polar surface area (TPSA) is 77.3 Å². The second-order valence-corrected chi connectivity index (χ2v) is 10.1. The fourth-order valence-electron chi connectivity index (χ4n) is 4.49. The molecule has 0 bridgehead atoms. The molecule has 0 aliphatic carbocycles. The van der Waals surface area contributed by atoms with E-state index in [9.17, 15) is 14.0 Å². The van der Waals surface area contributed by atoms with Crippen molar-refractivity contribution in [1.82, 2.24) is 14.8 Å². The van der Waals surface area contributed by atoms with Crippen LogP contribution in [0.15, 0.2) is 42.6 Å². The molecule has 36 heavy (non-hydrogen) atoms. The Morgan fingerprint density at radius 3 is 2.31 bits per heavy atom. The van der Waals surface area contributed by atoms with Crippen LogP contribution in [0.3, 0.4) is 0 Å². The Kier molecular flexibility index (Phi) is 7.64. The molecule has 0 saturated carbocycles. The van der Waals surface area contributed by atoms with Gasteiger partial charge in [0.05, 0.1) is 12.3 Å². The van der Waals surface area contributed by atoms with Crippen LogP contribution in [0.1, 0.15) is 59.4 Å². The average molecular weight is 493 g/mol. The summed E-state index contributed by atoms with van der Waals surface area (Å²) in [5, 5.41) is 4.83. The second-order valence-electron chi connectivity index (χ2n) is 10.1. The summed E-state index contributed by atoms with van der Waals surface area (Å²) in [6, 6.07) is 9.85. The first-order chi connectivity index (χ1) is 17.2. The lowest BCUT2D eigenvalue weighted by molar-refractivity contribution is -0.127. The van der Waals surface area contributed by atoms with E-state index in [1.54, 1.807) is 24.4 Å². The highest BCUT2D eigenvalue weighted by atomic mass is 19.1. The molecule has 2 amide bonds. The van der Waals surface area contributed by atoms with Crippen LogP contribution >= 0.6 is 0 Å². The van der Waals surface area contributed by atoms with E-state index in [0.29, 0.717) is 24.5 Å². The summed E-state index contributed by atoms with van der Waals surface area (Å²) in [5.41, 5.74) is 4.09. The zero-order valence-electron chi connectivity index (χ0n) is 21.5. The van der Waals surface area contributed by atoms with Gasteiger partial charge in [-0.3, -0.25) is 9.59 Å². The van der Waals surface area contributed by atoms with E-state index < -0.39 is 0 Å². The van der Waals surface area contributed by atoms with E-state index in [1.807, 2.05) is 45.4 Å². The third-order valence-electron chi connectivity index (χ3n) is 6.10. The number of halogens is 1. The summed E-state index contributed by atoms with van der Waals surface area (Å²) >= 11 is 0. The molecule has 0 N–H and O–H groups in total. The van der Waals surface area contributed by atoms with E-state index in [0.717, 1.165) is 22.4 Å². The first-order valence-corrected chi connectivity index (χ1v) is 12.5. The maximum absolute atomic E-state index is 13.7. The molecule has 7 nitrogen and oxygen atoms in total. The van der Waals surface area contributed by atoms with Crippen LogP contribution in [-0.2, 0) is 20.7 Å². The summed E-state index contributed by atoms with van der Waals surface area (Å²) in [6.07, 6.45) is 2.50. The molecule has 1 aliphatic heterocycles. The van der Waals surface area contributed by atoms with E-state index in [-0.39, 0.29) is 48.5 Å². The molecule has 1 aliphatic rings. The van der Waals surface area contributed by atoms with Gasteiger partial charge in [-0.05, 0) is 60.7 Å². The zero-order valence-corrected chi connectivity index (χ0v) is 21.5. The van der Waals surface area contributed by atoms with Crippen LogP contribution in [0, 0.1) is 17.7 Å². The number of pyridine rings is 1. The highest BCUT2D eigenvalue weighted by Crippen LogP contribution is 2.39. The van der Waals surface area contributed by atoms with Crippen LogP contribution < -0.4 is 4.90 Å². The van der Waals surface area contributed by atoms with Crippen molar-refractivity contribution in [3.8, 4) is 22.4 Å². The molecule has 0 saturated heterocycles. The van der Waals surface area contributed by atoms with Crippen LogP contribution in [0.25, 0.3) is 22.4 Å². The Labute approximate surface area is 211 Å². The number of benzene rings is 1. The number of rotatable bonds is 7. The lowest BCUT2D eigenvalue weighted by Gasteiger charge is -2.23. The quantitative estimate of drug-likeness (QED) is 0.417. The minimum absolute atomic E-state index is 0.101. The number of carbonyl (C=O) groups is 2. The molecule has 3 heterocycles. The molecular weight excluding hydrogens is 459 g/mol. The van der Waals surface area contributed by atoms with Gasteiger partial charge in [0.15, 0.2) is 0 Å². The zero-order chi connectivity index (χ0) is 26.0. The molecule has 8 heteroatoms. The number of hydrogen-bond acceptors (Lipinski definition) is 5. The number of hydrogen-bond donors (Lipinski definition) is 0. The number of aromatic nitrogens is 3. The van der Waals surface area contributed by atoms with Crippen molar-refractivity contribution in [3.05, 3.63) is 54.1 Å². The summed E-state index contributed by atoms with van der Waals surface area (Å²) in [7, 11) is 0. The predicted octanol–water partition coefficient (Wildman–Crippen LogP) is 5.79. The second kappa shape index (κ2) is 10.7. The summed E-state index contributed by atoms with van der Waals surface area (Å²) in [4.78, 5) is 32.0. The van der Waals surface area contributed by atoms with Gasteiger partial charge < -0.3 is 4.74 Å². The number of nitrogens with zero attached hydrogens (tertiary/aromatic N) is 4. The fourth-order valence-corrected chi connectivity index (χ4v) is 4.49. The number of carbonyl (C=O) groups excluding carboxylic acids is 2.